The van der Waals surface area contributed by atoms with E-state index in [1.165, 1.54) is 110 Å². The molecule has 8 atom stereocenters. The first-order valence-corrected chi connectivity index (χ1v) is 75.0. The summed E-state index contributed by atoms with van der Waals surface area (Å²) in [5.74, 6) is -0.480. The molecular weight excluding hydrogens is 1640 g/mol. The Hall–Kier alpha value is -3.37. The Morgan fingerprint density at radius 3 is 0.709 bits per heavy atom. The van der Waals surface area contributed by atoms with E-state index in [0.29, 0.717) is 0 Å². The third-order valence-electron chi connectivity index (χ3n) is 27.2. The van der Waals surface area contributed by atoms with Crippen molar-refractivity contribution in [2.24, 2.45) is 0 Å². The summed E-state index contributed by atoms with van der Waals surface area (Å²) in [5.41, 5.74) is 21.8. The van der Waals surface area contributed by atoms with Gasteiger partial charge in [0.25, 0.3) is 0 Å². The Balaban J connectivity index is 1.24. The third kappa shape index (κ3) is 9.67. The van der Waals surface area contributed by atoms with Gasteiger partial charge in [0.2, 0.25) is 0 Å². The summed E-state index contributed by atoms with van der Waals surface area (Å²) in [7, 11) is 11.4. The first-order chi connectivity index (χ1) is 48.6. The van der Waals surface area contributed by atoms with Crippen LogP contribution >= 0.6 is 63.6 Å². The maximum absolute atomic E-state index is 12.1. The number of fused-ring (bicyclic) bond motifs is 8. The van der Waals surface area contributed by atoms with Gasteiger partial charge in [-0.05, 0) is 0 Å². The van der Waals surface area contributed by atoms with E-state index in [-0.39, 0.29) is 23.7 Å². The molecule has 0 nitrogen and oxygen atoms in total. The van der Waals surface area contributed by atoms with Crippen LogP contribution in [0.4, 0.5) is 0 Å². The fourth-order valence-corrected chi connectivity index (χ4v) is 203. The van der Waals surface area contributed by atoms with E-state index < -0.39 is 75.7 Å². The van der Waals surface area contributed by atoms with Crippen molar-refractivity contribution in [1.82, 2.24) is 0 Å². The van der Waals surface area contributed by atoms with E-state index in [1.54, 1.807) is 0 Å². The molecule has 10 aliphatic rings. The van der Waals surface area contributed by atoms with Gasteiger partial charge in [-0.3, -0.25) is 0 Å². The van der Waals surface area contributed by atoms with Crippen LogP contribution in [0.25, 0.3) is 0 Å². The predicted molar refractivity (Wildman–Crippen MR) is 470 cm³/mol. The minimum atomic E-state index is -8.20. The van der Waals surface area contributed by atoms with Crippen molar-refractivity contribution in [3.63, 3.8) is 0 Å². The maximum atomic E-state index is 12.1. The van der Waals surface area contributed by atoms with Crippen LogP contribution in [0.5, 0.6) is 0 Å². The van der Waals surface area contributed by atoms with E-state index in [1.807, 2.05) is 0 Å². The normalized spacial score (nSPS) is 30.4. The van der Waals surface area contributed by atoms with Gasteiger partial charge >= 0.3 is 658 Å². The van der Waals surface area contributed by atoms with Crippen molar-refractivity contribution >= 4 is 134 Å². The van der Waals surface area contributed by atoms with Gasteiger partial charge in [0.1, 0.15) is 0 Å². The van der Waals surface area contributed by atoms with Crippen LogP contribution < -0.4 is 20.7 Å². The fraction of sp³-hybridized carbons (Fsp3) is 0.378. The number of hydrogen-bond acceptors (Lipinski definition) is 0. The first kappa shape index (κ1) is 76.4. The van der Waals surface area contributed by atoms with Crippen molar-refractivity contribution in [2.45, 2.75) is 206 Å². The SMILES string of the molecule is CCCC1=CC2=C(C=CC=CC2c2ccc([Si](C)(C)C)c(Cl)c2)[C]12[SiH](C)[C]1(C(CCC)=CC3=C1C=CC=CC3c1ccc([Si](C)(C)C)c(Cl)c1)[Hf]21([Cl])([Cl])[C]2(C(CCC)=CC3=C2C=CC=CC3c2ccc([Si](C)(C)C)c(Cl)c2)[SiH](C)[C]12C(CCC)=CC1=C2C=CC=CC1c1ccc([Si](C)(C)C)c(Cl)c1. The number of hydrogen-bond donors (Lipinski definition) is 0. The van der Waals surface area contributed by atoms with Crippen LogP contribution in [0.15, 0.2) is 261 Å². The van der Waals surface area contributed by atoms with Gasteiger partial charge in [-0.15, -0.1) is 0 Å². The van der Waals surface area contributed by atoms with E-state index in [2.05, 4.69) is 314 Å². The Bertz CT molecular complexity index is 4280. The molecule has 4 aromatic carbocycles. The quantitative estimate of drug-likeness (QED) is 0.0981. The van der Waals surface area contributed by atoms with Crippen molar-refractivity contribution in [2.75, 3.05) is 0 Å². The molecule has 103 heavy (non-hydrogen) atoms. The zero-order chi connectivity index (χ0) is 74.0. The first-order valence-electron chi connectivity index (χ1n) is 38.7. The zero-order valence-corrected chi connectivity index (χ0v) is 78.8. The van der Waals surface area contributed by atoms with Crippen molar-refractivity contribution in [1.29, 1.82) is 0 Å². The van der Waals surface area contributed by atoms with Crippen LogP contribution in [0.1, 0.15) is 125 Å². The summed E-state index contributed by atoms with van der Waals surface area (Å²) in [6.45, 7) is 44.3. The second-order valence-corrected chi connectivity index (χ2v) is 112. The average Bonchev–Trinajstić information content (AvgIpc) is 1.51. The molecule has 5 spiro atoms. The van der Waals surface area contributed by atoms with Gasteiger partial charge in [0.05, 0.1) is 0 Å². The molecule has 538 valence electrons. The van der Waals surface area contributed by atoms with E-state index in [0.717, 1.165) is 71.5 Å². The number of rotatable bonds is 16. The summed E-state index contributed by atoms with van der Waals surface area (Å²) in [6, 6.07) is 28.5. The van der Waals surface area contributed by atoms with Crippen molar-refractivity contribution in [3.8, 4) is 0 Å². The number of allylic oxidation sites excluding steroid dienone is 32. The Kier molecular flexibility index (Phi) is 19.4. The fourth-order valence-electron chi connectivity index (χ4n) is 24.5. The van der Waals surface area contributed by atoms with Crippen molar-refractivity contribution in [3.05, 3.63) is 304 Å². The topological polar surface area (TPSA) is 0 Å². The second-order valence-electron chi connectivity index (χ2n) is 36.3. The molecule has 2 fully saturated rings. The van der Waals surface area contributed by atoms with Gasteiger partial charge in [-0.25, -0.2) is 0 Å². The van der Waals surface area contributed by atoms with Gasteiger partial charge < -0.3 is 0 Å². The molecule has 2 heterocycles. The Morgan fingerprint density at radius 2 is 0.534 bits per heavy atom. The number of benzene rings is 4. The van der Waals surface area contributed by atoms with Crippen LogP contribution in [-0.4, -0.2) is 49.9 Å². The molecule has 14 rings (SSSR count). The molecule has 2 saturated heterocycles. The molecule has 8 aliphatic carbocycles. The third-order valence-corrected chi connectivity index (χ3v) is 153. The summed E-state index contributed by atoms with van der Waals surface area (Å²) < 4.78 is -3.08. The monoisotopic (exact) mass is 1750 g/mol. The molecule has 0 saturated carbocycles. The summed E-state index contributed by atoms with van der Waals surface area (Å²) in [5, 5.41) is 8.64. The van der Waals surface area contributed by atoms with Gasteiger partial charge in [-0.2, -0.15) is 0 Å². The molecule has 0 N–H and O–H groups in total. The molecule has 13 heteroatoms. The van der Waals surface area contributed by atoms with Gasteiger partial charge in [0, 0.05) is 0 Å². The van der Waals surface area contributed by atoms with E-state index in [9.17, 15) is 17.2 Å². The van der Waals surface area contributed by atoms with Crippen LogP contribution in [-0.2, 0) is 14.7 Å². The van der Waals surface area contributed by atoms with Crippen molar-refractivity contribution < 1.29 is 14.7 Å². The Labute approximate surface area is 651 Å². The molecule has 4 aromatic rings. The van der Waals surface area contributed by atoms with E-state index >= 15 is 0 Å². The minimum absolute atomic E-state index is 0.120. The number of halogens is 6. The summed E-state index contributed by atoms with van der Waals surface area (Å²) in [4.78, 5) is 0. The van der Waals surface area contributed by atoms with Crippen LogP contribution in [0.3, 0.4) is 0 Å². The molecule has 0 radical (unpaired) electrons. The predicted octanol–water partition coefficient (Wildman–Crippen LogP) is 26.6. The summed E-state index contributed by atoms with van der Waals surface area (Å²) in [6.07, 6.45) is 57.8. The molecular formula is C90H108Cl6HfSi6. The summed E-state index contributed by atoms with van der Waals surface area (Å²) >= 11 is 22.6. The Morgan fingerprint density at radius 1 is 0.330 bits per heavy atom. The van der Waals surface area contributed by atoms with Crippen LogP contribution in [0.2, 0.25) is 123 Å². The zero-order valence-electron chi connectivity index (χ0n) is 64.4. The van der Waals surface area contributed by atoms with Crippen LogP contribution in [0, 0.1) is 0 Å². The molecule has 0 amide bonds. The van der Waals surface area contributed by atoms with E-state index in [4.69, 9.17) is 46.4 Å². The molecule has 8 unspecified atom stereocenters. The van der Waals surface area contributed by atoms with Gasteiger partial charge in [0.15, 0.2) is 0 Å². The second kappa shape index (κ2) is 26.1. The standard InChI is InChI=1S/2C45H54Cl2Si3.2ClH.Hf/c2*1-10-16-32-26-38-34(30-22-24-42(40(46)28-30)49(4,5)6)18-12-14-20-36(38)44(32)48(3)45-33(17-11-2)27-39-35(19-13-15-21-37(39)45)31-23-25-43(41(47)29-31)50(7,8)9;;;/h2*12-15,18-29,34-35,48H,10-11,16-17H2,1-9H3;2*1H;/q;;;;+2/p-2. The molecule has 2 aliphatic heterocycles. The van der Waals surface area contributed by atoms with Gasteiger partial charge in [-0.1, -0.05) is 0 Å². The average molecular weight is 1750 g/mol. The molecule has 0 bridgehead atoms. The molecule has 0 aromatic heterocycles.